The number of morpholine rings is 1. The van der Waals surface area contributed by atoms with Crippen molar-refractivity contribution in [1.29, 1.82) is 0 Å². The van der Waals surface area contributed by atoms with Gasteiger partial charge in [-0.05, 0) is 74.9 Å². The van der Waals surface area contributed by atoms with Gasteiger partial charge in [0.2, 0.25) is 10.0 Å². The Kier molecular flexibility index (Phi) is 8.94. The summed E-state index contributed by atoms with van der Waals surface area (Å²) in [7, 11) is -4.04. The van der Waals surface area contributed by atoms with Crippen LogP contribution in [-0.4, -0.2) is 97.4 Å². The molecule has 232 valence electrons. The van der Waals surface area contributed by atoms with Crippen molar-refractivity contribution in [3.63, 3.8) is 0 Å². The molecule has 0 spiro atoms. The fourth-order valence-electron chi connectivity index (χ4n) is 6.24. The summed E-state index contributed by atoms with van der Waals surface area (Å²) >= 11 is 0. The summed E-state index contributed by atoms with van der Waals surface area (Å²) in [6.07, 6.45) is 6.25. The van der Waals surface area contributed by atoms with Crippen molar-refractivity contribution >= 4 is 32.7 Å². The molecule has 2 aliphatic heterocycles. The zero-order valence-corrected chi connectivity index (χ0v) is 25.1. The molecule has 1 aromatic carbocycles. The molecule has 0 unspecified atom stereocenters. The minimum Gasteiger partial charge on any atom is -0.395 e. The molecule has 11 nitrogen and oxygen atoms in total. The Hall–Kier alpha value is -3.13. The molecule has 2 saturated heterocycles. The highest BCUT2D eigenvalue weighted by atomic mass is 32.2. The number of fused-ring (bicyclic) bond motifs is 1. The quantitative estimate of drug-likeness (QED) is 0.354. The number of ether oxygens (including phenoxy) is 1. The molecule has 2 aromatic heterocycles. The number of aromatic nitrogens is 3. The van der Waals surface area contributed by atoms with Gasteiger partial charge in [0.15, 0.2) is 5.65 Å². The van der Waals surface area contributed by atoms with Crippen molar-refractivity contribution in [1.82, 2.24) is 24.4 Å². The molecule has 0 bridgehead atoms. The van der Waals surface area contributed by atoms with E-state index in [-0.39, 0.29) is 17.4 Å². The van der Waals surface area contributed by atoms with Crippen LogP contribution < -0.4 is 9.62 Å². The standard InChI is InChI=1S/C30H39FN6O5S/c31-23-4-6-24(7-5-23)37-29-27(28(33-37)22-2-1-3-22)26(20-25(32-29)30(39)34-43(40,41)19-16-38)36-12-9-21(10-13-36)8-11-35-14-17-42-18-15-35/h4-7,20-22,38H,1-3,8-19H2,(H,34,39). The van der Waals surface area contributed by atoms with Crippen LogP contribution in [0.1, 0.15) is 60.6 Å². The average Bonchev–Trinajstić information content (AvgIpc) is 3.34. The first-order chi connectivity index (χ1) is 20.8. The molecular weight excluding hydrogens is 575 g/mol. The van der Waals surface area contributed by atoms with Gasteiger partial charge in [0.1, 0.15) is 11.5 Å². The Bertz CT molecular complexity index is 1550. The molecule has 1 amide bonds. The lowest BCUT2D eigenvalue weighted by molar-refractivity contribution is 0.0349. The summed E-state index contributed by atoms with van der Waals surface area (Å²) in [4.78, 5) is 22.6. The number of carbonyl (C=O) groups is 1. The number of sulfonamides is 1. The first kappa shape index (κ1) is 29.9. The van der Waals surface area contributed by atoms with Crippen molar-refractivity contribution in [2.45, 2.75) is 44.4 Å². The lowest BCUT2D eigenvalue weighted by Gasteiger charge is -2.36. The highest BCUT2D eigenvalue weighted by Gasteiger charge is 2.32. The predicted octanol–water partition coefficient (Wildman–Crippen LogP) is 2.82. The van der Waals surface area contributed by atoms with Gasteiger partial charge in [0, 0.05) is 32.1 Å². The number of aliphatic hydroxyl groups excluding tert-OH is 1. The number of piperidine rings is 1. The first-order valence-electron chi connectivity index (χ1n) is 15.2. The van der Waals surface area contributed by atoms with Crippen LogP contribution >= 0.6 is 0 Å². The average molecular weight is 615 g/mol. The molecular formula is C30H39FN6O5S. The van der Waals surface area contributed by atoms with Gasteiger partial charge < -0.3 is 14.7 Å². The monoisotopic (exact) mass is 614 g/mol. The highest BCUT2D eigenvalue weighted by Crippen LogP contribution is 2.43. The summed E-state index contributed by atoms with van der Waals surface area (Å²) in [5, 5.41) is 15.0. The third-order valence-corrected chi connectivity index (χ3v) is 10.2. The van der Waals surface area contributed by atoms with Crippen molar-refractivity contribution in [3.05, 3.63) is 47.5 Å². The number of aliphatic hydroxyl groups is 1. The molecule has 1 saturated carbocycles. The van der Waals surface area contributed by atoms with Crippen molar-refractivity contribution in [3.8, 4) is 5.69 Å². The number of carbonyl (C=O) groups excluding carboxylic acids is 1. The Morgan fingerprint density at radius 2 is 1.79 bits per heavy atom. The molecule has 3 aliphatic rings. The summed E-state index contributed by atoms with van der Waals surface area (Å²) in [6, 6.07) is 7.62. The van der Waals surface area contributed by atoms with E-state index in [1.54, 1.807) is 22.9 Å². The van der Waals surface area contributed by atoms with E-state index in [4.69, 9.17) is 14.9 Å². The number of halogens is 1. The third-order valence-electron chi connectivity index (χ3n) is 8.96. The maximum absolute atomic E-state index is 13.8. The van der Waals surface area contributed by atoms with Gasteiger partial charge in [-0.2, -0.15) is 5.10 Å². The topological polar surface area (TPSA) is 130 Å². The first-order valence-corrected chi connectivity index (χ1v) is 16.9. The van der Waals surface area contributed by atoms with Crippen molar-refractivity contribution in [2.24, 2.45) is 5.92 Å². The van der Waals surface area contributed by atoms with E-state index in [9.17, 15) is 17.6 Å². The number of hydrogen-bond acceptors (Lipinski definition) is 9. The number of nitrogens with one attached hydrogen (secondary N) is 1. The van der Waals surface area contributed by atoms with E-state index in [0.29, 0.717) is 17.3 Å². The Labute approximate surface area is 251 Å². The van der Waals surface area contributed by atoms with Gasteiger partial charge in [-0.15, -0.1) is 0 Å². The van der Waals surface area contributed by atoms with Gasteiger partial charge in [-0.1, -0.05) is 6.42 Å². The zero-order chi connectivity index (χ0) is 30.0. The predicted molar refractivity (Wildman–Crippen MR) is 161 cm³/mol. The molecule has 1 aliphatic carbocycles. The number of pyridine rings is 1. The van der Waals surface area contributed by atoms with Gasteiger partial charge in [0.05, 0.1) is 48.0 Å². The molecule has 0 radical (unpaired) electrons. The van der Waals surface area contributed by atoms with E-state index >= 15 is 0 Å². The van der Waals surface area contributed by atoms with Crippen LogP contribution in [0.5, 0.6) is 0 Å². The van der Waals surface area contributed by atoms with Crippen LogP contribution in [-0.2, 0) is 14.8 Å². The van der Waals surface area contributed by atoms with Crippen LogP contribution in [0.15, 0.2) is 30.3 Å². The second-order valence-electron chi connectivity index (χ2n) is 11.8. The van der Waals surface area contributed by atoms with Gasteiger partial charge in [0.25, 0.3) is 5.91 Å². The van der Waals surface area contributed by atoms with Crippen LogP contribution in [0.4, 0.5) is 10.1 Å². The highest BCUT2D eigenvalue weighted by molar-refractivity contribution is 7.90. The fraction of sp³-hybridized carbons (Fsp3) is 0.567. The maximum Gasteiger partial charge on any atom is 0.283 e. The second-order valence-corrected chi connectivity index (χ2v) is 13.6. The minimum absolute atomic E-state index is 0.0538. The zero-order valence-electron chi connectivity index (χ0n) is 24.3. The lowest BCUT2D eigenvalue weighted by Crippen LogP contribution is -2.39. The lowest BCUT2D eigenvalue weighted by atomic mass is 9.81. The van der Waals surface area contributed by atoms with Crippen LogP contribution in [0.2, 0.25) is 0 Å². The van der Waals surface area contributed by atoms with Gasteiger partial charge in [-0.3, -0.25) is 9.69 Å². The molecule has 6 rings (SSSR count). The number of amides is 1. The van der Waals surface area contributed by atoms with E-state index in [1.807, 2.05) is 4.72 Å². The number of hydrogen-bond donors (Lipinski definition) is 2. The van der Waals surface area contributed by atoms with Gasteiger partial charge >= 0.3 is 0 Å². The van der Waals surface area contributed by atoms with Crippen LogP contribution in [0.3, 0.4) is 0 Å². The Morgan fingerprint density at radius 1 is 1.07 bits per heavy atom. The summed E-state index contributed by atoms with van der Waals surface area (Å²) in [5.41, 5.74) is 2.70. The summed E-state index contributed by atoms with van der Waals surface area (Å²) in [5.74, 6) is -0.991. The second kappa shape index (κ2) is 12.8. The number of rotatable bonds is 10. The summed E-state index contributed by atoms with van der Waals surface area (Å²) < 4.78 is 47.7. The minimum atomic E-state index is -4.04. The SMILES string of the molecule is O=C(NS(=O)(=O)CCO)c1cc(N2CCC(CCN3CCOCC3)CC2)c2c(C3CCC3)nn(-c3ccc(F)cc3)c2n1. The molecule has 4 heterocycles. The molecule has 3 fully saturated rings. The van der Waals surface area contributed by atoms with E-state index < -0.39 is 28.3 Å². The molecule has 13 heteroatoms. The van der Waals surface area contributed by atoms with E-state index in [1.165, 1.54) is 12.1 Å². The van der Waals surface area contributed by atoms with E-state index in [0.717, 1.165) is 101 Å². The number of anilines is 1. The van der Waals surface area contributed by atoms with Crippen LogP contribution in [0.25, 0.3) is 16.7 Å². The molecule has 43 heavy (non-hydrogen) atoms. The smallest absolute Gasteiger partial charge is 0.283 e. The fourth-order valence-corrected chi connectivity index (χ4v) is 6.96. The molecule has 3 aromatic rings. The largest absolute Gasteiger partial charge is 0.395 e. The number of benzene rings is 1. The van der Waals surface area contributed by atoms with Gasteiger partial charge in [-0.25, -0.2) is 27.2 Å². The van der Waals surface area contributed by atoms with Crippen molar-refractivity contribution < 1.29 is 27.4 Å². The number of nitrogens with zero attached hydrogens (tertiary/aromatic N) is 5. The van der Waals surface area contributed by atoms with Crippen LogP contribution in [0, 0.1) is 11.7 Å². The Morgan fingerprint density at radius 3 is 2.44 bits per heavy atom. The maximum atomic E-state index is 13.8. The van der Waals surface area contributed by atoms with E-state index in [2.05, 4.69) is 14.8 Å². The Balaban J connectivity index is 1.35. The third kappa shape index (κ3) is 6.69. The molecule has 2 N–H and O–H groups in total. The van der Waals surface area contributed by atoms with Crippen molar-refractivity contribution in [2.75, 3.05) is 63.2 Å². The molecule has 0 atom stereocenters. The normalized spacial score (nSPS) is 19.1. The summed E-state index contributed by atoms with van der Waals surface area (Å²) in [6.45, 7) is 5.60.